The third-order valence-electron chi connectivity index (χ3n) is 5.35. The molecule has 1 aliphatic rings. The fraction of sp³-hybridized carbons (Fsp3) is 0.385. The summed E-state index contributed by atoms with van der Waals surface area (Å²) in [6, 6.07) is 13.5. The van der Waals surface area contributed by atoms with E-state index in [1.54, 1.807) is 48.5 Å². The zero-order valence-corrected chi connectivity index (χ0v) is 19.7. The van der Waals surface area contributed by atoms with Crippen molar-refractivity contribution in [1.82, 2.24) is 0 Å². The molecule has 180 valence electrons. The van der Waals surface area contributed by atoms with Gasteiger partial charge in [-0.3, -0.25) is 19.2 Å². The monoisotopic (exact) mass is 466 g/mol. The van der Waals surface area contributed by atoms with Crippen molar-refractivity contribution < 1.29 is 28.7 Å². The van der Waals surface area contributed by atoms with Gasteiger partial charge in [0.2, 0.25) is 11.8 Å². The van der Waals surface area contributed by atoms with Crippen LogP contribution in [0.2, 0.25) is 0 Å². The van der Waals surface area contributed by atoms with Crippen LogP contribution in [0.5, 0.6) is 5.75 Å². The molecule has 2 aromatic carbocycles. The van der Waals surface area contributed by atoms with Crippen LogP contribution in [-0.4, -0.2) is 43.3 Å². The minimum absolute atomic E-state index is 0.0327. The molecule has 8 heteroatoms. The number of amides is 2. The van der Waals surface area contributed by atoms with Crippen molar-refractivity contribution >= 4 is 34.9 Å². The van der Waals surface area contributed by atoms with E-state index >= 15 is 0 Å². The number of carbonyl (C=O) groups is 4. The summed E-state index contributed by atoms with van der Waals surface area (Å²) >= 11 is 0. The molecule has 0 radical (unpaired) electrons. The minimum atomic E-state index is -0.634. The number of Topliss-reactive ketones (excluding diaryl/α,β-unsaturated/α-hetero) is 1. The number of nitrogens with one attached hydrogen (secondary N) is 1. The van der Waals surface area contributed by atoms with Crippen molar-refractivity contribution in [3.8, 4) is 5.75 Å². The van der Waals surface area contributed by atoms with Crippen LogP contribution in [0.3, 0.4) is 0 Å². The van der Waals surface area contributed by atoms with E-state index in [1.165, 1.54) is 4.90 Å². The topological polar surface area (TPSA) is 102 Å². The zero-order valence-electron chi connectivity index (χ0n) is 19.7. The fourth-order valence-corrected chi connectivity index (χ4v) is 3.66. The number of hydrogen-bond acceptors (Lipinski definition) is 6. The molecule has 1 unspecified atom stereocenters. The maximum atomic E-state index is 12.5. The number of ether oxygens (including phenoxy) is 2. The fourth-order valence-electron chi connectivity index (χ4n) is 3.66. The van der Waals surface area contributed by atoms with E-state index in [1.807, 2.05) is 20.8 Å². The second kappa shape index (κ2) is 11.4. The summed E-state index contributed by atoms with van der Waals surface area (Å²) in [5.74, 6) is -0.878. The Labute approximate surface area is 199 Å². The summed E-state index contributed by atoms with van der Waals surface area (Å²) in [6.45, 7) is 6.15. The van der Waals surface area contributed by atoms with Crippen molar-refractivity contribution in [3.05, 3.63) is 54.1 Å². The van der Waals surface area contributed by atoms with Crippen molar-refractivity contribution in [2.45, 2.75) is 33.6 Å². The molecule has 0 aromatic heterocycles. The number of hydrogen-bond donors (Lipinski definition) is 1. The highest BCUT2D eigenvalue weighted by atomic mass is 16.5. The first kappa shape index (κ1) is 25.0. The molecule has 1 atom stereocenters. The van der Waals surface area contributed by atoms with Gasteiger partial charge in [0.1, 0.15) is 5.75 Å². The number of ketones is 1. The van der Waals surface area contributed by atoms with E-state index in [4.69, 9.17) is 9.47 Å². The molecular weight excluding hydrogens is 436 g/mol. The standard InChI is InChI=1S/C26H30N2O6/c1-4-33-22-11-9-21(10-12-22)28-15-19(14-25(28)31)26(32)34-16-23(29)18-5-7-20(8-6-18)27-24(30)13-17(2)3/h5-12,17,19H,4,13-16H2,1-3H3,(H,27,30). The third kappa shape index (κ3) is 6.66. The number of esters is 1. The van der Waals surface area contributed by atoms with Gasteiger partial charge in [-0.05, 0) is 61.4 Å². The largest absolute Gasteiger partial charge is 0.494 e. The van der Waals surface area contributed by atoms with Crippen molar-refractivity contribution in [1.29, 1.82) is 0 Å². The van der Waals surface area contributed by atoms with Gasteiger partial charge >= 0.3 is 5.97 Å². The summed E-state index contributed by atoms with van der Waals surface area (Å²) in [5, 5.41) is 2.78. The molecule has 0 aliphatic carbocycles. The second-order valence-electron chi connectivity index (χ2n) is 8.59. The van der Waals surface area contributed by atoms with Crippen molar-refractivity contribution in [2.24, 2.45) is 11.8 Å². The molecule has 1 saturated heterocycles. The molecule has 34 heavy (non-hydrogen) atoms. The maximum absolute atomic E-state index is 12.5. The Bertz CT molecular complexity index is 1030. The molecule has 1 heterocycles. The lowest BCUT2D eigenvalue weighted by atomic mass is 10.1. The lowest BCUT2D eigenvalue weighted by Crippen LogP contribution is -2.27. The molecule has 3 rings (SSSR count). The van der Waals surface area contributed by atoms with Gasteiger partial charge in [0, 0.05) is 36.3 Å². The molecule has 1 fully saturated rings. The molecule has 2 aromatic rings. The van der Waals surface area contributed by atoms with Gasteiger partial charge in [0.15, 0.2) is 12.4 Å². The van der Waals surface area contributed by atoms with Crippen molar-refractivity contribution in [3.63, 3.8) is 0 Å². The highest BCUT2D eigenvalue weighted by Gasteiger charge is 2.36. The number of carbonyl (C=O) groups excluding carboxylic acids is 4. The van der Waals surface area contributed by atoms with Crippen molar-refractivity contribution in [2.75, 3.05) is 30.0 Å². The van der Waals surface area contributed by atoms with E-state index in [2.05, 4.69) is 5.32 Å². The molecular formula is C26H30N2O6. The Morgan fingerprint density at radius 1 is 1.06 bits per heavy atom. The number of anilines is 2. The normalized spacial score (nSPS) is 15.4. The number of benzene rings is 2. The Morgan fingerprint density at radius 3 is 2.35 bits per heavy atom. The number of rotatable bonds is 10. The first-order valence-corrected chi connectivity index (χ1v) is 11.4. The van der Waals surface area contributed by atoms with Crippen LogP contribution in [0.25, 0.3) is 0 Å². The first-order valence-electron chi connectivity index (χ1n) is 11.4. The van der Waals surface area contributed by atoms with Crippen LogP contribution < -0.4 is 15.0 Å². The molecule has 0 spiro atoms. The van der Waals surface area contributed by atoms with Crippen LogP contribution >= 0.6 is 0 Å². The highest BCUT2D eigenvalue weighted by molar-refractivity contribution is 6.01. The summed E-state index contributed by atoms with van der Waals surface area (Å²) in [4.78, 5) is 50.7. The quantitative estimate of drug-likeness (QED) is 0.422. The predicted octanol–water partition coefficient (Wildman–Crippen LogP) is 3.85. The van der Waals surface area contributed by atoms with Crippen LogP contribution in [0, 0.1) is 11.8 Å². The Balaban J connectivity index is 1.50. The van der Waals surface area contributed by atoms with Gasteiger partial charge in [0.05, 0.1) is 12.5 Å². The Morgan fingerprint density at radius 2 is 1.74 bits per heavy atom. The van der Waals surface area contributed by atoms with E-state index in [0.29, 0.717) is 35.7 Å². The summed E-state index contributed by atoms with van der Waals surface area (Å²) in [6.07, 6.45) is 0.446. The zero-order chi connectivity index (χ0) is 24.7. The summed E-state index contributed by atoms with van der Waals surface area (Å²) in [7, 11) is 0. The van der Waals surface area contributed by atoms with E-state index < -0.39 is 18.5 Å². The van der Waals surface area contributed by atoms with E-state index in [9.17, 15) is 19.2 Å². The second-order valence-corrected chi connectivity index (χ2v) is 8.59. The van der Waals surface area contributed by atoms with E-state index in [-0.39, 0.29) is 36.5 Å². The molecule has 0 bridgehead atoms. The third-order valence-corrected chi connectivity index (χ3v) is 5.35. The van der Waals surface area contributed by atoms with Crippen LogP contribution in [0.15, 0.2) is 48.5 Å². The lowest BCUT2D eigenvalue weighted by Gasteiger charge is -2.17. The average molecular weight is 467 g/mol. The lowest BCUT2D eigenvalue weighted by molar-refractivity contribution is -0.147. The van der Waals surface area contributed by atoms with Crippen LogP contribution in [-0.2, 0) is 19.1 Å². The van der Waals surface area contributed by atoms with Gasteiger partial charge in [-0.1, -0.05) is 13.8 Å². The van der Waals surface area contributed by atoms with E-state index in [0.717, 1.165) is 0 Å². The first-order chi connectivity index (χ1) is 16.3. The molecule has 1 aliphatic heterocycles. The average Bonchev–Trinajstić information content (AvgIpc) is 3.19. The predicted molar refractivity (Wildman–Crippen MR) is 128 cm³/mol. The highest BCUT2D eigenvalue weighted by Crippen LogP contribution is 2.27. The molecule has 8 nitrogen and oxygen atoms in total. The van der Waals surface area contributed by atoms with Gasteiger partial charge in [0.25, 0.3) is 0 Å². The number of nitrogens with zero attached hydrogens (tertiary/aromatic N) is 1. The molecule has 0 saturated carbocycles. The van der Waals surface area contributed by atoms with Gasteiger partial charge in [-0.15, -0.1) is 0 Å². The molecule has 2 amide bonds. The van der Waals surface area contributed by atoms with Crippen LogP contribution in [0.1, 0.15) is 44.0 Å². The summed E-state index contributed by atoms with van der Waals surface area (Å²) < 4.78 is 10.6. The molecule has 1 N–H and O–H groups in total. The van der Waals surface area contributed by atoms with Gasteiger partial charge in [-0.2, -0.15) is 0 Å². The van der Waals surface area contributed by atoms with Gasteiger partial charge in [-0.25, -0.2) is 0 Å². The SMILES string of the molecule is CCOc1ccc(N2CC(C(=O)OCC(=O)c3ccc(NC(=O)CC(C)C)cc3)CC2=O)cc1. The van der Waals surface area contributed by atoms with Gasteiger partial charge < -0.3 is 19.7 Å². The Kier molecular flexibility index (Phi) is 8.40. The smallest absolute Gasteiger partial charge is 0.311 e. The van der Waals surface area contributed by atoms with Crippen LogP contribution in [0.4, 0.5) is 11.4 Å². The summed E-state index contributed by atoms with van der Waals surface area (Å²) in [5.41, 5.74) is 1.65. The maximum Gasteiger partial charge on any atom is 0.311 e. The minimum Gasteiger partial charge on any atom is -0.494 e. The Hall–Kier alpha value is -3.68.